The zero-order valence-corrected chi connectivity index (χ0v) is 11.4. The number of halogens is 1. The first-order chi connectivity index (χ1) is 7.79. The Balaban J connectivity index is 2.02. The van der Waals surface area contributed by atoms with Crippen molar-refractivity contribution >= 4 is 39.0 Å². The lowest BCUT2D eigenvalue weighted by atomic mass is 10.5. The van der Waals surface area contributed by atoms with E-state index in [1.807, 2.05) is 12.1 Å². The quantitative estimate of drug-likeness (QED) is 0.858. The summed E-state index contributed by atoms with van der Waals surface area (Å²) >= 11 is 6.51. The smallest absolute Gasteiger partial charge is 0.257 e. The van der Waals surface area contributed by atoms with Gasteiger partial charge in [-0.05, 0) is 28.1 Å². The van der Waals surface area contributed by atoms with Crippen molar-refractivity contribution in [2.75, 3.05) is 12.4 Å². The summed E-state index contributed by atoms with van der Waals surface area (Å²) in [5, 5.41) is 16.6. The van der Waals surface area contributed by atoms with Crippen molar-refractivity contribution in [2.45, 2.75) is 5.75 Å². The van der Waals surface area contributed by atoms with Crippen LogP contribution in [0.25, 0.3) is 10.8 Å². The van der Waals surface area contributed by atoms with Gasteiger partial charge in [-0.25, -0.2) is 0 Å². The van der Waals surface area contributed by atoms with Crippen LogP contribution >= 0.6 is 39.0 Å². The standard InChI is InChI=1S/C9H9BrN2O2S2/c10-7-2-1-6(16-7)9-12-11-8(14-9)5-15-4-3-13/h1-2,13H,3-5H2. The van der Waals surface area contributed by atoms with E-state index < -0.39 is 0 Å². The highest BCUT2D eigenvalue weighted by Gasteiger charge is 2.10. The molecule has 0 aliphatic carbocycles. The van der Waals surface area contributed by atoms with E-state index in [1.54, 1.807) is 23.1 Å². The summed E-state index contributed by atoms with van der Waals surface area (Å²) in [6.45, 7) is 0.170. The minimum atomic E-state index is 0.170. The van der Waals surface area contributed by atoms with E-state index in [0.717, 1.165) is 8.66 Å². The van der Waals surface area contributed by atoms with Gasteiger partial charge in [0.15, 0.2) is 0 Å². The number of hydrogen-bond donors (Lipinski definition) is 1. The normalized spacial score (nSPS) is 10.9. The number of rotatable bonds is 5. The number of aromatic nitrogens is 2. The Morgan fingerprint density at radius 1 is 1.44 bits per heavy atom. The predicted molar refractivity (Wildman–Crippen MR) is 68.6 cm³/mol. The van der Waals surface area contributed by atoms with Gasteiger partial charge in [0.2, 0.25) is 5.89 Å². The maximum atomic E-state index is 8.64. The van der Waals surface area contributed by atoms with E-state index >= 15 is 0 Å². The van der Waals surface area contributed by atoms with Crippen molar-refractivity contribution in [1.29, 1.82) is 0 Å². The van der Waals surface area contributed by atoms with Gasteiger partial charge in [-0.15, -0.1) is 33.3 Å². The summed E-state index contributed by atoms with van der Waals surface area (Å²) in [4.78, 5) is 0.956. The van der Waals surface area contributed by atoms with Gasteiger partial charge in [0.1, 0.15) is 0 Å². The fraction of sp³-hybridized carbons (Fsp3) is 0.333. The molecule has 0 aliphatic heterocycles. The Labute approximate surface area is 109 Å². The van der Waals surface area contributed by atoms with Crippen LogP contribution < -0.4 is 0 Å². The van der Waals surface area contributed by atoms with Crippen LogP contribution in [0.5, 0.6) is 0 Å². The Bertz CT molecular complexity index is 458. The molecule has 0 amide bonds. The predicted octanol–water partition coefficient (Wildman–Crippen LogP) is 2.79. The molecule has 4 nitrogen and oxygen atoms in total. The molecule has 0 saturated heterocycles. The zero-order valence-electron chi connectivity index (χ0n) is 8.22. The lowest BCUT2D eigenvalue weighted by Crippen LogP contribution is -1.87. The lowest BCUT2D eigenvalue weighted by molar-refractivity contribution is 0.322. The molecule has 0 radical (unpaired) electrons. The average molecular weight is 321 g/mol. The van der Waals surface area contributed by atoms with E-state index in [0.29, 0.717) is 23.3 Å². The van der Waals surface area contributed by atoms with Crippen molar-refractivity contribution in [2.24, 2.45) is 0 Å². The molecule has 0 aromatic carbocycles. The Kier molecular flexibility index (Phi) is 4.39. The van der Waals surface area contributed by atoms with Gasteiger partial charge in [-0.3, -0.25) is 0 Å². The van der Waals surface area contributed by atoms with Crippen molar-refractivity contribution in [3.63, 3.8) is 0 Å². The first-order valence-corrected chi connectivity index (χ1v) is 7.32. The average Bonchev–Trinajstić information content (AvgIpc) is 2.87. The maximum Gasteiger partial charge on any atom is 0.257 e. The summed E-state index contributed by atoms with van der Waals surface area (Å²) in [5.41, 5.74) is 0. The highest BCUT2D eigenvalue weighted by molar-refractivity contribution is 9.11. The molecular formula is C9H9BrN2O2S2. The van der Waals surface area contributed by atoms with E-state index in [9.17, 15) is 0 Å². The molecule has 1 N–H and O–H groups in total. The van der Waals surface area contributed by atoms with E-state index in [2.05, 4.69) is 26.1 Å². The summed E-state index contributed by atoms with van der Waals surface area (Å²) < 4.78 is 6.53. The van der Waals surface area contributed by atoms with Crippen molar-refractivity contribution in [3.8, 4) is 10.8 Å². The molecule has 7 heteroatoms. The van der Waals surface area contributed by atoms with E-state index in [4.69, 9.17) is 9.52 Å². The molecule has 0 unspecified atom stereocenters. The Morgan fingerprint density at radius 2 is 2.31 bits per heavy atom. The topological polar surface area (TPSA) is 59.2 Å². The number of aliphatic hydroxyl groups excluding tert-OH is 1. The molecular weight excluding hydrogens is 312 g/mol. The summed E-state index contributed by atoms with van der Waals surface area (Å²) in [6.07, 6.45) is 0. The third kappa shape index (κ3) is 3.07. The summed E-state index contributed by atoms with van der Waals surface area (Å²) in [7, 11) is 0. The van der Waals surface area contributed by atoms with Crippen molar-refractivity contribution < 1.29 is 9.52 Å². The van der Waals surface area contributed by atoms with Gasteiger partial charge >= 0.3 is 0 Å². The Morgan fingerprint density at radius 3 is 3.00 bits per heavy atom. The molecule has 86 valence electrons. The Hall–Kier alpha value is -0.370. The van der Waals surface area contributed by atoms with Gasteiger partial charge in [-0.1, -0.05) is 0 Å². The van der Waals surface area contributed by atoms with Crippen LogP contribution in [0.3, 0.4) is 0 Å². The summed E-state index contributed by atoms with van der Waals surface area (Å²) in [5.74, 6) is 2.47. The molecule has 2 rings (SSSR count). The summed E-state index contributed by atoms with van der Waals surface area (Å²) in [6, 6.07) is 3.89. The van der Waals surface area contributed by atoms with Crippen LogP contribution in [0.2, 0.25) is 0 Å². The number of aliphatic hydroxyl groups is 1. The molecule has 0 saturated carbocycles. The number of nitrogens with zero attached hydrogens (tertiary/aromatic N) is 2. The molecule has 2 heterocycles. The number of hydrogen-bond acceptors (Lipinski definition) is 6. The number of thiophene rings is 1. The SMILES string of the molecule is OCCSCc1nnc(-c2ccc(Br)s2)o1. The van der Waals surface area contributed by atoms with Gasteiger partial charge in [0.25, 0.3) is 5.89 Å². The third-order valence-corrected chi connectivity index (χ3v) is 4.25. The molecule has 0 aliphatic rings. The van der Waals surface area contributed by atoms with Gasteiger partial charge in [0.05, 0.1) is 21.0 Å². The fourth-order valence-electron chi connectivity index (χ4n) is 1.06. The third-order valence-electron chi connectivity index (χ3n) is 1.71. The minimum absolute atomic E-state index is 0.170. The van der Waals surface area contributed by atoms with Crippen LogP contribution in [0.15, 0.2) is 20.3 Å². The zero-order chi connectivity index (χ0) is 11.4. The second kappa shape index (κ2) is 5.81. The van der Waals surface area contributed by atoms with Crippen LogP contribution in [-0.2, 0) is 5.75 Å². The first kappa shape index (κ1) is 12.1. The van der Waals surface area contributed by atoms with Gasteiger partial charge in [0, 0.05) is 5.75 Å². The highest BCUT2D eigenvalue weighted by Crippen LogP contribution is 2.30. The van der Waals surface area contributed by atoms with Crippen molar-refractivity contribution in [3.05, 3.63) is 21.8 Å². The second-order valence-corrected chi connectivity index (χ2v) is 6.45. The second-order valence-electron chi connectivity index (χ2n) is 2.88. The molecule has 0 bridgehead atoms. The maximum absolute atomic E-state index is 8.64. The van der Waals surface area contributed by atoms with E-state index in [-0.39, 0.29) is 6.61 Å². The van der Waals surface area contributed by atoms with Crippen LogP contribution in [0.4, 0.5) is 0 Å². The van der Waals surface area contributed by atoms with E-state index in [1.165, 1.54) is 0 Å². The van der Waals surface area contributed by atoms with Crippen LogP contribution in [-0.4, -0.2) is 27.7 Å². The minimum Gasteiger partial charge on any atom is -0.419 e. The largest absolute Gasteiger partial charge is 0.419 e. The fourth-order valence-corrected chi connectivity index (χ4v) is 2.94. The number of thioether (sulfide) groups is 1. The van der Waals surface area contributed by atoms with Crippen LogP contribution in [0.1, 0.15) is 5.89 Å². The molecule has 16 heavy (non-hydrogen) atoms. The van der Waals surface area contributed by atoms with Crippen molar-refractivity contribution in [1.82, 2.24) is 10.2 Å². The monoisotopic (exact) mass is 320 g/mol. The molecule has 2 aromatic rings. The van der Waals surface area contributed by atoms with Crippen LogP contribution in [0, 0.1) is 0 Å². The lowest BCUT2D eigenvalue weighted by Gasteiger charge is -1.92. The molecule has 0 spiro atoms. The molecule has 0 fully saturated rings. The van der Waals surface area contributed by atoms with Gasteiger partial charge in [-0.2, -0.15) is 0 Å². The first-order valence-electron chi connectivity index (χ1n) is 4.56. The molecule has 0 atom stereocenters. The molecule has 2 aromatic heterocycles. The highest BCUT2D eigenvalue weighted by atomic mass is 79.9. The van der Waals surface area contributed by atoms with Gasteiger partial charge < -0.3 is 9.52 Å².